The van der Waals surface area contributed by atoms with Gasteiger partial charge < -0.3 is 15.9 Å². The summed E-state index contributed by atoms with van der Waals surface area (Å²) in [6.45, 7) is 0.326. The van der Waals surface area contributed by atoms with Gasteiger partial charge in [0, 0.05) is 21.0 Å². The third-order valence-corrected chi connectivity index (χ3v) is 7.11. The minimum absolute atomic E-state index is 0.122. The lowest BCUT2D eigenvalue weighted by molar-refractivity contribution is -0.113. The molecule has 9 nitrogen and oxygen atoms in total. The molecule has 0 spiro atoms. The largest absolute Gasteiger partial charge is 0.488 e. The number of nitrogens with zero attached hydrogens (tertiary/aromatic N) is 4. The Morgan fingerprint density at radius 3 is 2.70 bits per heavy atom. The van der Waals surface area contributed by atoms with Crippen LogP contribution in [-0.4, -0.2) is 39.0 Å². The lowest BCUT2D eigenvalue weighted by Crippen LogP contribution is -2.17. The Bertz CT molecular complexity index is 1400. The molecule has 4 aromatic rings. The van der Waals surface area contributed by atoms with E-state index in [1.165, 1.54) is 16.4 Å². The first-order valence-electron chi connectivity index (χ1n) is 11.1. The Morgan fingerprint density at radius 2 is 1.86 bits per heavy atom. The Labute approximate surface area is 227 Å². The van der Waals surface area contributed by atoms with Gasteiger partial charge in [0.05, 0.1) is 17.7 Å². The summed E-state index contributed by atoms with van der Waals surface area (Å²) in [5.41, 5.74) is 5.18. The number of hydrazone groups is 1. The van der Waals surface area contributed by atoms with Crippen molar-refractivity contribution >= 4 is 58.9 Å². The number of rotatable bonds is 11. The summed E-state index contributed by atoms with van der Waals surface area (Å²) in [5, 5.41) is 16.2. The van der Waals surface area contributed by atoms with Gasteiger partial charge in [-0.25, -0.2) is 10.1 Å². The lowest BCUT2D eigenvalue weighted by atomic mass is 10.2. The summed E-state index contributed by atoms with van der Waals surface area (Å²) >= 11 is 8.95. The van der Waals surface area contributed by atoms with Gasteiger partial charge >= 0.3 is 0 Å². The maximum Gasteiger partial charge on any atom is 0.264 e. The van der Waals surface area contributed by atoms with E-state index in [1.807, 2.05) is 79.1 Å². The van der Waals surface area contributed by atoms with Gasteiger partial charge in [-0.2, -0.15) is 5.10 Å². The predicted octanol–water partition coefficient (Wildman–Crippen LogP) is 5.12. The van der Waals surface area contributed by atoms with Gasteiger partial charge in [-0.15, -0.1) is 22.0 Å². The quantitative estimate of drug-likeness (QED) is 0.101. The average molecular weight is 554 g/mol. The van der Waals surface area contributed by atoms with E-state index >= 15 is 0 Å². The molecule has 1 heterocycles. The van der Waals surface area contributed by atoms with Crippen LogP contribution in [0.25, 0.3) is 0 Å². The Kier molecular flexibility index (Phi) is 9.30. The molecule has 0 aliphatic heterocycles. The maximum atomic E-state index is 12.4. The third kappa shape index (κ3) is 7.19. The highest BCUT2D eigenvalue weighted by atomic mass is 35.5. The number of carbonyl (C=O) groups is 1. The molecule has 0 unspecified atom stereocenters. The van der Waals surface area contributed by atoms with Crippen LogP contribution < -0.4 is 21.3 Å². The van der Waals surface area contributed by atoms with Gasteiger partial charge in [-0.1, -0.05) is 65.8 Å². The molecule has 4 rings (SSSR count). The first-order chi connectivity index (χ1) is 18.0. The predicted molar refractivity (Wildman–Crippen MR) is 151 cm³/mol. The fourth-order valence-corrected chi connectivity index (χ4v) is 4.57. The van der Waals surface area contributed by atoms with Crippen molar-refractivity contribution in [1.82, 2.24) is 14.9 Å². The molecule has 0 atom stereocenters. The highest BCUT2D eigenvalue weighted by Gasteiger charge is 2.13. The second-order valence-corrected chi connectivity index (χ2v) is 9.70. The first-order valence-corrected chi connectivity index (χ1v) is 13.6. The van der Waals surface area contributed by atoms with E-state index in [1.54, 1.807) is 18.0 Å². The molecule has 12 heteroatoms. The van der Waals surface area contributed by atoms with Gasteiger partial charge in [-0.3, -0.25) is 4.79 Å². The number of nitrogen functional groups attached to an aromatic ring is 1. The van der Waals surface area contributed by atoms with E-state index in [-0.39, 0.29) is 17.6 Å². The maximum absolute atomic E-state index is 12.4. The van der Waals surface area contributed by atoms with Crippen LogP contribution in [-0.2, 0) is 11.4 Å². The number of benzene rings is 3. The molecule has 0 saturated carbocycles. The molecule has 1 amide bonds. The standard InChI is InChI=1S/C25H24ClN7O2S2/c1-36-22-13-7-5-11-20(22)29-23(34)16-37-25-32-31-24(33(25)27)30-28-14-17-8-3-6-12-21(17)35-15-18-9-2-4-10-19(18)26/h2-14H,15-16,27H2,1H3,(H,29,34)(H,30,31)/b28-14+. The van der Waals surface area contributed by atoms with Crippen LogP contribution in [0.5, 0.6) is 5.75 Å². The molecule has 1 aromatic heterocycles. The van der Waals surface area contributed by atoms with E-state index in [0.717, 1.165) is 21.7 Å². The fraction of sp³-hybridized carbons (Fsp3) is 0.120. The smallest absolute Gasteiger partial charge is 0.264 e. The van der Waals surface area contributed by atoms with E-state index < -0.39 is 0 Å². The van der Waals surface area contributed by atoms with Crippen molar-refractivity contribution in [3.05, 3.63) is 88.9 Å². The topological polar surface area (TPSA) is 119 Å². The summed E-state index contributed by atoms with van der Waals surface area (Å²) in [5.74, 6) is 6.91. The monoisotopic (exact) mass is 553 g/mol. The molecule has 190 valence electrons. The summed E-state index contributed by atoms with van der Waals surface area (Å²) < 4.78 is 7.18. The van der Waals surface area contributed by atoms with E-state index in [2.05, 4.69) is 26.0 Å². The number of aromatic nitrogens is 3. The number of carbonyl (C=O) groups excluding carboxylic acids is 1. The molecular weight excluding hydrogens is 530 g/mol. The SMILES string of the molecule is CSc1ccccc1NC(=O)CSc1nnc(N/N=C/c2ccccc2OCc2ccccc2Cl)n1N. The molecule has 4 N–H and O–H groups in total. The van der Waals surface area contributed by atoms with Crippen molar-refractivity contribution in [2.45, 2.75) is 16.7 Å². The number of ether oxygens (including phenoxy) is 1. The number of amides is 1. The van der Waals surface area contributed by atoms with Gasteiger partial charge in [0.2, 0.25) is 11.1 Å². The zero-order valence-corrected chi connectivity index (χ0v) is 22.2. The fourth-order valence-electron chi connectivity index (χ4n) is 3.17. The second-order valence-electron chi connectivity index (χ2n) is 7.50. The van der Waals surface area contributed by atoms with Gasteiger partial charge in [0.1, 0.15) is 12.4 Å². The number of hydrogen-bond donors (Lipinski definition) is 3. The summed E-state index contributed by atoms with van der Waals surface area (Å²) in [6.07, 6.45) is 3.56. The van der Waals surface area contributed by atoms with Crippen molar-refractivity contribution in [1.29, 1.82) is 0 Å². The van der Waals surface area contributed by atoms with Crippen LogP contribution in [0.2, 0.25) is 5.02 Å². The molecule has 0 fully saturated rings. The molecule has 37 heavy (non-hydrogen) atoms. The van der Waals surface area contributed by atoms with Crippen molar-refractivity contribution in [3.8, 4) is 5.75 Å². The molecule has 0 bridgehead atoms. The lowest BCUT2D eigenvalue weighted by Gasteiger charge is -2.10. The van der Waals surface area contributed by atoms with Crippen LogP contribution in [0, 0.1) is 0 Å². The van der Waals surface area contributed by atoms with Crippen LogP contribution in [0.4, 0.5) is 11.6 Å². The second kappa shape index (κ2) is 13.0. The number of halogens is 1. The number of nitrogens with one attached hydrogen (secondary N) is 2. The van der Waals surface area contributed by atoms with Gasteiger partial charge in [-0.05, 0) is 36.6 Å². The zero-order valence-electron chi connectivity index (χ0n) is 19.8. The molecule has 3 aromatic carbocycles. The van der Waals surface area contributed by atoms with Gasteiger partial charge in [0.15, 0.2) is 0 Å². The van der Waals surface area contributed by atoms with Crippen LogP contribution in [0.3, 0.4) is 0 Å². The Hall–Kier alpha value is -3.67. The van der Waals surface area contributed by atoms with Crippen molar-refractivity contribution in [2.75, 3.05) is 28.6 Å². The van der Waals surface area contributed by atoms with E-state index in [9.17, 15) is 4.79 Å². The number of hydrogen-bond acceptors (Lipinski definition) is 9. The molecule has 0 aliphatic rings. The van der Waals surface area contributed by atoms with Crippen molar-refractivity contribution in [3.63, 3.8) is 0 Å². The van der Waals surface area contributed by atoms with Crippen LogP contribution >= 0.6 is 35.1 Å². The Balaban J connectivity index is 1.32. The minimum atomic E-state index is -0.171. The van der Waals surface area contributed by atoms with Crippen LogP contribution in [0.15, 0.2) is 87.9 Å². The van der Waals surface area contributed by atoms with Gasteiger partial charge in [0.25, 0.3) is 5.95 Å². The molecule has 0 radical (unpaired) electrons. The number of thioether (sulfide) groups is 2. The normalized spacial score (nSPS) is 11.0. The van der Waals surface area contributed by atoms with E-state index in [4.69, 9.17) is 22.2 Å². The summed E-state index contributed by atoms with van der Waals surface area (Å²) in [7, 11) is 0. The zero-order chi connectivity index (χ0) is 26.0. The van der Waals surface area contributed by atoms with Crippen LogP contribution in [0.1, 0.15) is 11.1 Å². The minimum Gasteiger partial charge on any atom is -0.488 e. The number of anilines is 2. The number of nitrogens with two attached hydrogens (primary N) is 1. The van der Waals surface area contributed by atoms with Crippen molar-refractivity contribution < 1.29 is 9.53 Å². The highest BCUT2D eigenvalue weighted by molar-refractivity contribution is 7.99. The molecule has 0 aliphatic carbocycles. The number of para-hydroxylation sites is 2. The highest BCUT2D eigenvalue weighted by Crippen LogP contribution is 2.25. The van der Waals surface area contributed by atoms with Crippen molar-refractivity contribution in [2.24, 2.45) is 5.10 Å². The summed E-state index contributed by atoms with van der Waals surface area (Å²) in [6, 6.07) is 22.6. The van der Waals surface area contributed by atoms with E-state index in [0.29, 0.717) is 22.5 Å². The Morgan fingerprint density at radius 1 is 1.11 bits per heavy atom. The average Bonchev–Trinajstić information content (AvgIpc) is 3.27. The molecular formula is C25H24ClN7O2S2. The summed E-state index contributed by atoms with van der Waals surface area (Å²) in [4.78, 5) is 13.4. The first kappa shape index (κ1) is 26.4. The third-order valence-electron chi connectivity index (χ3n) is 5.01. The molecule has 0 saturated heterocycles.